The average Bonchev–Trinajstić information content (AvgIpc) is 3.33. The van der Waals surface area contributed by atoms with Crippen molar-refractivity contribution in [2.75, 3.05) is 6.61 Å². The Balaban J connectivity index is 1.19. The van der Waals surface area contributed by atoms with E-state index in [9.17, 15) is 4.79 Å². The Bertz CT molecular complexity index is 877. The monoisotopic (exact) mass is 599 g/mol. The Kier molecular flexibility index (Phi) is 13.4. The summed E-state index contributed by atoms with van der Waals surface area (Å²) in [5.74, 6) is 5.17. The number of rotatable bonds is 17. The Morgan fingerprint density at radius 1 is 0.837 bits per heavy atom. The standard InChI is InChI=1S/C40H70O3/c1-7-8-9-10-11-12-13-14-15-16-28-42-38(41)43-33-24-26-39(5)32(29-33)20-21-34-36-23-22-35(31(4)19-17-18-30(2)3)40(36,6)27-25-37(34)39/h20,30-31,33-37H,7-19,21-29H2,1-6H3/t31-,33?,34+,35-,36+,37+,39+,40-/m1/s1. The van der Waals surface area contributed by atoms with E-state index >= 15 is 0 Å². The Labute approximate surface area is 267 Å². The summed E-state index contributed by atoms with van der Waals surface area (Å²) in [6, 6.07) is 0. The lowest BCUT2D eigenvalue weighted by atomic mass is 9.47. The molecule has 0 amide bonds. The van der Waals surface area contributed by atoms with E-state index in [0.717, 1.165) is 67.6 Å². The summed E-state index contributed by atoms with van der Waals surface area (Å²) in [6.45, 7) is 15.4. The molecule has 3 saturated carbocycles. The smallest absolute Gasteiger partial charge is 0.434 e. The molecule has 248 valence electrons. The van der Waals surface area contributed by atoms with Crippen LogP contribution in [-0.2, 0) is 9.47 Å². The Morgan fingerprint density at radius 3 is 2.23 bits per heavy atom. The van der Waals surface area contributed by atoms with Crippen LogP contribution >= 0.6 is 0 Å². The lowest BCUT2D eigenvalue weighted by Crippen LogP contribution is -2.51. The average molecular weight is 599 g/mol. The maximum Gasteiger partial charge on any atom is 0.508 e. The van der Waals surface area contributed by atoms with E-state index in [-0.39, 0.29) is 6.10 Å². The van der Waals surface area contributed by atoms with Gasteiger partial charge in [0.25, 0.3) is 0 Å². The van der Waals surface area contributed by atoms with Crippen LogP contribution in [0.4, 0.5) is 4.79 Å². The fourth-order valence-electron chi connectivity index (χ4n) is 10.7. The lowest BCUT2D eigenvalue weighted by Gasteiger charge is -2.58. The van der Waals surface area contributed by atoms with Crippen molar-refractivity contribution >= 4 is 6.16 Å². The molecule has 0 aromatic heterocycles. The van der Waals surface area contributed by atoms with E-state index in [1.807, 2.05) is 0 Å². The molecule has 3 fully saturated rings. The van der Waals surface area contributed by atoms with E-state index in [1.54, 1.807) is 5.57 Å². The van der Waals surface area contributed by atoms with Gasteiger partial charge in [0, 0.05) is 6.42 Å². The summed E-state index contributed by atoms with van der Waals surface area (Å²) in [5.41, 5.74) is 2.43. The molecule has 1 unspecified atom stereocenters. The highest BCUT2D eigenvalue weighted by Crippen LogP contribution is 2.67. The minimum absolute atomic E-state index is 0.00695. The first kappa shape index (κ1) is 34.9. The lowest BCUT2D eigenvalue weighted by molar-refractivity contribution is -0.0617. The van der Waals surface area contributed by atoms with Crippen LogP contribution in [0.2, 0.25) is 0 Å². The molecule has 0 aromatic rings. The molecule has 0 aromatic carbocycles. The van der Waals surface area contributed by atoms with E-state index < -0.39 is 6.16 Å². The summed E-state index contributed by atoms with van der Waals surface area (Å²) in [7, 11) is 0. The summed E-state index contributed by atoms with van der Waals surface area (Å²) in [4.78, 5) is 12.5. The summed E-state index contributed by atoms with van der Waals surface area (Å²) >= 11 is 0. The first-order valence-corrected chi connectivity index (χ1v) is 19.2. The van der Waals surface area contributed by atoms with E-state index in [1.165, 1.54) is 103 Å². The van der Waals surface area contributed by atoms with Gasteiger partial charge in [0.05, 0.1) is 6.61 Å². The molecule has 0 aliphatic heterocycles. The molecule has 0 saturated heterocycles. The fourth-order valence-corrected chi connectivity index (χ4v) is 10.7. The van der Waals surface area contributed by atoms with Gasteiger partial charge >= 0.3 is 6.16 Å². The third-order valence-electron chi connectivity index (χ3n) is 13.2. The van der Waals surface area contributed by atoms with Gasteiger partial charge in [-0.15, -0.1) is 0 Å². The molecule has 0 bridgehead atoms. The highest BCUT2D eigenvalue weighted by molar-refractivity contribution is 5.60. The van der Waals surface area contributed by atoms with Crippen molar-refractivity contribution < 1.29 is 14.3 Å². The predicted molar refractivity (Wildman–Crippen MR) is 181 cm³/mol. The molecule has 4 aliphatic rings. The summed E-state index contributed by atoms with van der Waals surface area (Å²) < 4.78 is 11.4. The van der Waals surface area contributed by atoms with Gasteiger partial charge in [-0.1, -0.05) is 130 Å². The maximum atomic E-state index is 12.5. The van der Waals surface area contributed by atoms with E-state index in [4.69, 9.17) is 9.47 Å². The number of allylic oxidation sites excluding steroid dienone is 1. The summed E-state index contributed by atoms with van der Waals surface area (Å²) in [5, 5.41) is 0. The van der Waals surface area contributed by atoms with Crippen molar-refractivity contribution in [1.82, 2.24) is 0 Å². The minimum Gasteiger partial charge on any atom is -0.434 e. The number of hydrogen-bond acceptors (Lipinski definition) is 3. The number of fused-ring (bicyclic) bond motifs is 5. The molecule has 4 aliphatic carbocycles. The van der Waals surface area contributed by atoms with Gasteiger partial charge in [-0.2, -0.15) is 0 Å². The largest absolute Gasteiger partial charge is 0.508 e. The first-order chi connectivity index (χ1) is 20.7. The zero-order valence-electron chi connectivity index (χ0n) is 29.4. The number of ether oxygens (including phenoxy) is 2. The van der Waals surface area contributed by atoms with Gasteiger partial charge in [-0.3, -0.25) is 0 Å². The van der Waals surface area contributed by atoms with Crippen LogP contribution in [0.3, 0.4) is 0 Å². The Hall–Kier alpha value is -0.990. The molecular formula is C40H70O3. The van der Waals surface area contributed by atoms with Crippen molar-refractivity contribution in [1.29, 1.82) is 0 Å². The molecule has 43 heavy (non-hydrogen) atoms. The van der Waals surface area contributed by atoms with Crippen LogP contribution in [-0.4, -0.2) is 18.9 Å². The molecule has 0 radical (unpaired) electrons. The van der Waals surface area contributed by atoms with Gasteiger partial charge in [0.15, 0.2) is 0 Å². The van der Waals surface area contributed by atoms with Crippen LogP contribution in [0, 0.1) is 46.3 Å². The predicted octanol–water partition coefficient (Wildman–Crippen LogP) is 12.5. The van der Waals surface area contributed by atoms with E-state index in [2.05, 4.69) is 47.6 Å². The zero-order valence-corrected chi connectivity index (χ0v) is 29.4. The number of hydrogen-bond donors (Lipinski definition) is 0. The molecule has 3 heteroatoms. The second-order valence-corrected chi connectivity index (χ2v) is 16.6. The fraction of sp³-hybridized carbons (Fsp3) is 0.925. The second kappa shape index (κ2) is 16.5. The summed E-state index contributed by atoms with van der Waals surface area (Å²) in [6.07, 6.45) is 29.3. The van der Waals surface area contributed by atoms with Crippen LogP contribution < -0.4 is 0 Å². The number of unbranched alkanes of at least 4 members (excludes halogenated alkanes) is 9. The minimum atomic E-state index is -0.438. The van der Waals surface area contributed by atoms with Crippen molar-refractivity contribution in [3.63, 3.8) is 0 Å². The molecule has 0 spiro atoms. The number of carbonyl (C=O) groups excluding carboxylic acids is 1. The van der Waals surface area contributed by atoms with Crippen LogP contribution in [0.5, 0.6) is 0 Å². The first-order valence-electron chi connectivity index (χ1n) is 19.2. The zero-order chi connectivity index (χ0) is 30.9. The highest BCUT2D eigenvalue weighted by atomic mass is 16.7. The number of carbonyl (C=O) groups is 1. The normalized spacial score (nSPS) is 34.2. The molecule has 0 N–H and O–H groups in total. The molecule has 0 heterocycles. The van der Waals surface area contributed by atoms with Gasteiger partial charge in [-0.05, 0) is 97.7 Å². The van der Waals surface area contributed by atoms with Crippen molar-refractivity contribution in [3.05, 3.63) is 11.6 Å². The third-order valence-corrected chi connectivity index (χ3v) is 13.2. The quantitative estimate of drug-likeness (QED) is 0.0949. The van der Waals surface area contributed by atoms with Gasteiger partial charge in [0.1, 0.15) is 6.10 Å². The second-order valence-electron chi connectivity index (χ2n) is 16.6. The maximum absolute atomic E-state index is 12.5. The molecule has 4 rings (SSSR count). The van der Waals surface area contributed by atoms with Gasteiger partial charge in [0.2, 0.25) is 0 Å². The van der Waals surface area contributed by atoms with Crippen LogP contribution in [0.15, 0.2) is 11.6 Å². The van der Waals surface area contributed by atoms with Crippen molar-refractivity contribution in [3.8, 4) is 0 Å². The Morgan fingerprint density at radius 2 is 1.53 bits per heavy atom. The molecular weight excluding hydrogens is 528 g/mol. The molecule has 8 atom stereocenters. The van der Waals surface area contributed by atoms with Crippen LogP contribution in [0.25, 0.3) is 0 Å². The van der Waals surface area contributed by atoms with Crippen LogP contribution in [0.1, 0.15) is 176 Å². The van der Waals surface area contributed by atoms with E-state index in [0.29, 0.717) is 17.4 Å². The SMILES string of the molecule is CCCCCCCCCCCCOC(=O)OC1CC[C@@]2(C)C(=CC[C@H]3[C@@H]4CC[C@H]([C@H](C)CCCC(C)C)[C@@]4(C)CC[C@@H]32)C1. The third kappa shape index (κ3) is 8.84. The van der Waals surface area contributed by atoms with Crippen molar-refractivity contribution in [2.24, 2.45) is 46.3 Å². The molecule has 3 nitrogen and oxygen atoms in total. The van der Waals surface area contributed by atoms with Gasteiger partial charge in [-0.25, -0.2) is 4.79 Å². The van der Waals surface area contributed by atoms with Crippen molar-refractivity contribution in [2.45, 2.75) is 182 Å². The topological polar surface area (TPSA) is 35.5 Å². The van der Waals surface area contributed by atoms with Gasteiger partial charge < -0.3 is 9.47 Å². The highest BCUT2D eigenvalue weighted by Gasteiger charge is 2.59.